The summed E-state index contributed by atoms with van der Waals surface area (Å²) in [5.74, 6) is 0. The van der Waals surface area contributed by atoms with Crippen molar-refractivity contribution in [3.05, 3.63) is 152 Å². The van der Waals surface area contributed by atoms with Crippen molar-refractivity contribution >= 4 is 54.5 Å². The summed E-state index contributed by atoms with van der Waals surface area (Å²) in [6.45, 7) is 0. The molecule has 0 fully saturated rings. The van der Waals surface area contributed by atoms with E-state index in [0.29, 0.717) is 0 Å². The molecule has 2 nitrogen and oxygen atoms in total. The van der Waals surface area contributed by atoms with Crippen molar-refractivity contribution in [1.29, 1.82) is 0 Å². The number of hydrogen-bond acceptors (Lipinski definition) is 1. The van der Waals surface area contributed by atoms with Crippen LogP contribution in [0.2, 0.25) is 0 Å². The van der Waals surface area contributed by atoms with E-state index >= 15 is 0 Å². The van der Waals surface area contributed by atoms with Gasteiger partial charge in [-0.05, 0) is 64.0 Å². The van der Waals surface area contributed by atoms with Crippen LogP contribution in [0.4, 0.5) is 0 Å². The van der Waals surface area contributed by atoms with Crippen LogP contribution in [0, 0.1) is 0 Å². The number of benzene rings is 7. The summed E-state index contributed by atoms with van der Waals surface area (Å²) in [7, 11) is 0. The maximum Gasteiger partial charge on any atom is 0.143 e. The lowest BCUT2D eigenvalue weighted by molar-refractivity contribution is 0.673. The average molecular weight is 536 g/mol. The first-order valence-electron chi connectivity index (χ1n) is 14.4. The van der Waals surface area contributed by atoms with Gasteiger partial charge in [-0.2, -0.15) is 0 Å². The molecule has 2 heteroatoms. The maximum absolute atomic E-state index is 6.56. The molecule has 196 valence electrons. The highest BCUT2D eigenvalue weighted by Crippen LogP contribution is 2.42. The van der Waals surface area contributed by atoms with Crippen LogP contribution >= 0.6 is 0 Å². The number of hydrogen-bond donors (Lipinski definition) is 0. The van der Waals surface area contributed by atoms with Gasteiger partial charge in [0.2, 0.25) is 0 Å². The Bertz CT molecular complexity index is 2460. The molecule has 0 spiro atoms. The molecule has 9 aromatic rings. The number of nitrogens with zero attached hydrogens (tertiary/aromatic N) is 1. The van der Waals surface area contributed by atoms with E-state index < -0.39 is 0 Å². The number of aromatic nitrogens is 1. The summed E-state index contributed by atoms with van der Waals surface area (Å²) in [6, 6.07) is 54.2. The predicted molar refractivity (Wildman–Crippen MR) is 176 cm³/mol. The van der Waals surface area contributed by atoms with E-state index in [9.17, 15) is 0 Å². The van der Waals surface area contributed by atoms with Crippen LogP contribution in [0.15, 0.2) is 156 Å². The van der Waals surface area contributed by atoms with Crippen LogP contribution in [-0.4, -0.2) is 4.57 Å². The lowest BCUT2D eigenvalue weighted by Crippen LogP contribution is -1.95. The minimum Gasteiger partial charge on any atom is -0.455 e. The standard InChI is InChI=1S/C40H25NO/c1-2-11-26(12-3-1)30-15-4-5-16-31(30)28-13-10-14-29(25-28)41-35-19-8-6-18-34(35)39-36(41)24-22-27-21-23-33-32-17-7-9-20-37(32)42-40(33)38(27)39/h1-25H. The molecule has 9 rings (SSSR count). The van der Waals surface area contributed by atoms with Gasteiger partial charge >= 0.3 is 0 Å². The molecule has 42 heavy (non-hydrogen) atoms. The van der Waals surface area contributed by atoms with Gasteiger partial charge in [0, 0.05) is 32.6 Å². The first-order chi connectivity index (χ1) is 20.8. The summed E-state index contributed by atoms with van der Waals surface area (Å²) < 4.78 is 8.96. The fourth-order valence-electron chi connectivity index (χ4n) is 6.74. The number of furan rings is 1. The molecule has 0 aliphatic heterocycles. The molecule has 0 saturated heterocycles. The zero-order chi connectivity index (χ0) is 27.6. The first kappa shape index (κ1) is 23.1. The lowest BCUT2D eigenvalue weighted by atomic mass is 9.94. The second-order valence-electron chi connectivity index (χ2n) is 10.9. The Labute approximate surface area is 242 Å². The Morgan fingerprint density at radius 1 is 0.429 bits per heavy atom. The number of fused-ring (bicyclic) bond motifs is 9. The topological polar surface area (TPSA) is 18.1 Å². The predicted octanol–water partition coefficient (Wildman–Crippen LogP) is 11.2. The molecule has 0 amide bonds. The molecule has 0 radical (unpaired) electrons. The Morgan fingerprint density at radius 3 is 2.00 bits per heavy atom. The van der Waals surface area contributed by atoms with Crippen molar-refractivity contribution in [3.8, 4) is 27.9 Å². The van der Waals surface area contributed by atoms with E-state index in [2.05, 4.69) is 150 Å². The highest BCUT2D eigenvalue weighted by Gasteiger charge is 2.19. The number of para-hydroxylation sites is 2. The minimum absolute atomic E-state index is 0.922. The summed E-state index contributed by atoms with van der Waals surface area (Å²) in [6.07, 6.45) is 0. The van der Waals surface area contributed by atoms with Gasteiger partial charge in [0.1, 0.15) is 11.2 Å². The molecule has 0 aliphatic carbocycles. The van der Waals surface area contributed by atoms with Crippen molar-refractivity contribution < 1.29 is 4.42 Å². The van der Waals surface area contributed by atoms with E-state index in [-0.39, 0.29) is 0 Å². The summed E-state index contributed by atoms with van der Waals surface area (Å²) >= 11 is 0. The zero-order valence-corrected chi connectivity index (χ0v) is 22.8. The van der Waals surface area contributed by atoms with Gasteiger partial charge in [-0.25, -0.2) is 0 Å². The van der Waals surface area contributed by atoms with Crippen LogP contribution < -0.4 is 0 Å². The van der Waals surface area contributed by atoms with Gasteiger partial charge in [-0.15, -0.1) is 0 Å². The summed E-state index contributed by atoms with van der Waals surface area (Å²) in [4.78, 5) is 0. The van der Waals surface area contributed by atoms with Crippen LogP contribution in [0.3, 0.4) is 0 Å². The Morgan fingerprint density at radius 2 is 1.12 bits per heavy atom. The van der Waals surface area contributed by atoms with E-state index in [1.54, 1.807) is 0 Å². The van der Waals surface area contributed by atoms with Gasteiger partial charge in [0.15, 0.2) is 0 Å². The average Bonchev–Trinajstić information content (AvgIpc) is 3.61. The van der Waals surface area contributed by atoms with Crippen LogP contribution in [0.25, 0.3) is 82.5 Å². The quantitative estimate of drug-likeness (QED) is 0.220. The highest BCUT2D eigenvalue weighted by molar-refractivity contribution is 6.29. The van der Waals surface area contributed by atoms with Crippen molar-refractivity contribution in [2.45, 2.75) is 0 Å². The molecule has 0 unspecified atom stereocenters. The zero-order valence-electron chi connectivity index (χ0n) is 22.8. The van der Waals surface area contributed by atoms with Crippen LogP contribution in [0.5, 0.6) is 0 Å². The minimum atomic E-state index is 0.922. The van der Waals surface area contributed by atoms with Gasteiger partial charge in [-0.3, -0.25) is 0 Å². The molecule has 0 aliphatic rings. The monoisotopic (exact) mass is 535 g/mol. The van der Waals surface area contributed by atoms with E-state index in [4.69, 9.17) is 4.42 Å². The van der Waals surface area contributed by atoms with Gasteiger partial charge in [0.05, 0.1) is 11.0 Å². The highest BCUT2D eigenvalue weighted by atomic mass is 16.3. The number of rotatable bonds is 3. The Kier molecular flexibility index (Phi) is 4.93. The fourth-order valence-corrected chi connectivity index (χ4v) is 6.74. The van der Waals surface area contributed by atoms with Gasteiger partial charge in [0.25, 0.3) is 0 Å². The van der Waals surface area contributed by atoms with Gasteiger partial charge < -0.3 is 8.98 Å². The molecular weight excluding hydrogens is 510 g/mol. The Hall–Kier alpha value is -5.60. The van der Waals surface area contributed by atoms with Gasteiger partial charge in [-0.1, -0.05) is 115 Å². The molecule has 2 aromatic heterocycles. The molecular formula is C40H25NO. The SMILES string of the molecule is c1ccc(-c2ccccc2-c2cccc(-n3c4ccccc4c4c5c(ccc6c7ccccc7oc65)ccc43)c2)cc1. The van der Waals surface area contributed by atoms with E-state index in [1.165, 1.54) is 54.8 Å². The van der Waals surface area contributed by atoms with Crippen LogP contribution in [0.1, 0.15) is 0 Å². The molecule has 0 N–H and O–H groups in total. The molecule has 0 bridgehead atoms. The Balaban J connectivity index is 1.34. The second kappa shape index (κ2) is 8.95. The maximum atomic E-state index is 6.56. The van der Waals surface area contributed by atoms with Crippen molar-refractivity contribution in [2.75, 3.05) is 0 Å². The van der Waals surface area contributed by atoms with E-state index in [0.717, 1.165) is 27.6 Å². The molecule has 0 saturated carbocycles. The third-order valence-electron chi connectivity index (χ3n) is 8.59. The van der Waals surface area contributed by atoms with Crippen molar-refractivity contribution in [1.82, 2.24) is 4.57 Å². The third kappa shape index (κ3) is 3.33. The molecule has 0 atom stereocenters. The third-order valence-corrected chi connectivity index (χ3v) is 8.59. The van der Waals surface area contributed by atoms with E-state index in [1.807, 2.05) is 6.07 Å². The summed E-state index contributed by atoms with van der Waals surface area (Å²) in [5.41, 5.74) is 10.2. The first-order valence-corrected chi connectivity index (χ1v) is 14.4. The normalized spacial score (nSPS) is 11.8. The fraction of sp³-hybridized carbons (Fsp3) is 0. The van der Waals surface area contributed by atoms with Crippen molar-refractivity contribution in [2.24, 2.45) is 0 Å². The lowest BCUT2D eigenvalue weighted by Gasteiger charge is -2.13. The second-order valence-corrected chi connectivity index (χ2v) is 10.9. The summed E-state index contributed by atoms with van der Waals surface area (Å²) in [5, 5.41) is 7.11. The smallest absolute Gasteiger partial charge is 0.143 e. The molecule has 2 heterocycles. The van der Waals surface area contributed by atoms with Crippen molar-refractivity contribution in [3.63, 3.8) is 0 Å². The molecule has 7 aromatic carbocycles. The largest absolute Gasteiger partial charge is 0.455 e. The van der Waals surface area contributed by atoms with Crippen LogP contribution in [-0.2, 0) is 0 Å².